The van der Waals surface area contributed by atoms with E-state index in [1.165, 1.54) is 37.8 Å². The molecule has 76 valence electrons. The molecular formula is C13H19N. The van der Waals surface area contributed by atoms with Gasteiger partial charge in [-0.2, -0.15) is 0 Å². The van der Waals surface area contributed by atoms with Gasteiger partial charge in [-0.05, 0) is 36.8 Å². The highest BCUT2D eigenvalue weighted by Gasteiger charge is 2.37. The van der Waals surface area contributed by atoms with Gasteiger partial charge in [0.1, 0.15) is 0 Å². The summed E-state index contributed by atoms with van der Waals surface area (Å²) in [6, 6.07) is 0.777. The van der Waals surface area contributed by atoms with Gasteiger partial charge < -0.3 is 5.32 Å². The fraction of sp³-hybridized carbons (Fsp3) is 0.692. The fourth-order valence-electron chi connectivity index (χ4n) is 3.45. The normalized spacial score (nSPS) is 40.5. The standard InChI is InChI=1S/C13H19N/c1-9-5-4-8-12-13(9)10-6-2-3-7-11(10)14-12/h4,8-11,14H,2-3,5-7H2,1H3. The lowest BCUT2D eigenvalue weighted by molar-refractivity contribution is 0.327. The lowest BCUT2D eigenvalue weighted by Gasteiger charge is -2.29. The van der Waals surface area contributed by atoms with Gasteiger partial charge in [0.05, 0.1) is 0 Å². The molecule has 1 heterocycles. The van der Waals surface area contributed by atoms with Gasteiger partial charge in [0.25, 0.3) is 0 Å². The van der Waals surface area contributed by atoms with Crippen molar-refractivity contribution in [1.82, 2.24) is 5.32 Å². The predicted octanol–water partition coefficient (Wildman–Crippen LogP) is 3.00. The zero-order chi connectivity index (χ0) is 9.54. The first kappa shape index (κ1) is 8.58. The van der Waals surface area contributed by atoms with Crippen molar-refractivity contribution in [2.45, 2.75) is 45.1 Å². The quantitative estimate of drug-likeness (QED) is 0.617. The minimum Gasteiger partial charge on any atom is -0.382 e. The van der Waals surface area contributed by atoms with Crippen molar-refractivity contribution in [2.75, 3.05) is 0 Å². The Labute approximate surface area is 86.3 Å². The van der Waals surface area contributed by atoms with Gasteiger partial charge in [-0.1, -0.05) is 25.8 Å². The Morgan fingerprint density at radius 2 is 2.14 bits per heavy atom. The molecule has 1 fully saturated rings. The van der Waals surface area contributed by atoms with Crippen molar-refractivity contribution < 1.29 is 0 Å². The topological polar surface area (TPSA) is 12.0 Å². The molecule has 0 saturated heterocycles. The minimum absolute atomic E-state index is 0.777. The molecule has 3 rings (SSSR count). The predicted molar refractivity (Wildman–Crippen MR) is 58.8 cm³/mol. The van der Waals surface area contributed by atoms with Crippen LogP contribution in [0, 0.1) is 11.8 Å². The van der Waals surface area contributed by atoms with Crippen molar-refractivity contribution in [3.05, 3.63) is 23.4 Å². The maximum absolute atomic E-state index is 3.72. The molecule has 0 amide bonds. The van der Waals surface area contributed by atoms with Crippen LogP contribution in [0.1, 0.15) is 39.0 Å². The summed E-state index contributed by atoms with van der Waals surface area (Å²) >= 11 is 0. The van der Waals surface area contributed by atoms with Crippen LogP contribution in [0.5, 0.6) is 0 Å². The second-order valence-electron chi connectivity index (χ2n) is 5.05. The van der Waals surface area contributed by atoms with Crippen LogP contribution in [-0.2, 0) is 0 Å². The molecule has 0 spiro atoms. The summed E-state index contributed by atoms with van der Waals surface area (Å²) in [6.45, 7) is 2.39. The summed E-state index contributed by atoms with van der Waals surface area (Å²) in [7, 11) is 0. The van der Waals surface area contributed by atoms with Gasteiger partial charge in [-0.3, -0.25) is 0 Å². The summed E-state index contributed by atoms with van der Waals surface area (Å²) < 4.78 is 0. The van der Waals surface area contributed by atoms with Crippen LogP contribution in [0.15, 0.2) is 23.4 Å². The zero-order valence-corrected chi connectivity index (χ0v) is 8.92. The van der Waals surface area contributed by atoms with Crippen LogP contribution in [0.3, 0.4) is 0 Å². The Kier molecular flexibility index (Phi) is 1.93. The molecule has 0 radical (unpaired) electrons. The van der Waals surface area contributed by atoms with Gasteiger partial charge in [0.15, 0.2) is 0 Å². The van der Waals surface area contributed by atoms with E-state index in [0.29, 0.717) is 0 Å². The molecule has 0 aromatic carbocycles. The third-order valence-corrected chi connectivity index (χ3v) is 4.12. The van der Waals surface area contributed by atoms with E-state index in [2.05, 4.69) is 24.4 Å². The molecule has 3 aliphatic rings. The SMILES string of the molecule is CC1CC=CC2=C1C1CCCCC1N2. The smallest absolute Gasteiger partial charge is 0.0337 e. The molecule has 0 aromatic rings. The molecule has 1 aliphatic heterocycles. The summed E-state index contributed by atoms with van der Waals surface area (Å²) in [5.74, 6) is 1.66. The molecular weight excluding hydrogens is 170 g/mol. The van der Waals surface area contributed by atoms with Gasteiger partial charge in [-0.25, -0.2) is 0 Å². The number of nitrogens with one attached hydrogen (secondary N) is 1. The molecule has 0 aromatic heterocycles. The summed E-state index contributed by atoms with van der Waals surface area (Å²) in [6.07, 6.45) is 11.6. The highest BCUT2D eigenvalue weighted by atomic mass is 15.0. The third kappa shape index (κ3) is 1.14. The number of allylic oxidation sites excluding steroid dienone is 2. The third-order valence-electron chi connectivity index (χ3n) is 4.12. The first-order chi connectivity index (χ1) is 6.86. The van der Waals surface area contributed by atoms with Crippen molar-refractivity contribution in [3.63, 3.8) is 0 Å². The van der Waals surface area contributed by atoms with E-state index < -0.39 is 0 Å². The maximum Gasteiger partial charge on any atom is 0.0337 e. The van der Waals surface area contributed by atoms with Gasteiger partial charge >= 0.3 is 0 Å². The van der Waals surface area contributed by atoms with Crippen LogP contribution in [-0.4, -0.2) is 6.04 Å². The molecule has 1 saturated carbocycles. The molecule has 1 heteroatoms. The number of fused-ring (bicyclic) bond motifs is 2. The van der Waals surface area contributed by atoms with Crippen LogP contribution >= 0.6 is 0 Å². The molecule has 3 unspecified atom stereocenters. The Morgan fingerprint density at radius 3 is 3.07 bits per heavy atom. The summed E-state index contributed by atoms with van der Waals surface area (Å²) in [4.78, 5) is 0. The lowest BCUT2D eigenvalue weighted by Crippen LogP contribution is -2.31. The van der Waals surface area contributed by atoms with E-state index in [9.17, 15) is 0 Å². The van der Waals surface area contributed by atoms with Crippen molar-refractivity contribution in [3.8, 4) is 0 Å². The number of hydrogen-bond donors (Lipinski definition) is 1. The molecule has 14 heavy (non-hydrogen) atoms. The van der Waals surface area contributed by atoms with Crippen LogP contribution < -0.4 is 5.32 Å². The summed E-state index contributed by atoms with van der Waals surface area (Å²) in [5, 5.41) is 3.72. The molecule has 0 bridgehead atoms. The van der Waals surface area contributed by atoms with Gasteiger partial charge in [0.2, 0.25) is 0 Å². The van der Waals surface area contributed by atoms with E-state index >= 15 is 0 Å². The molecule has 1 N–H and O–H groups in total. The fourth-order valence-corrected chi connectivity index (χ4v) is 3.45. The second-order valence-corrected chi connectivity index (χ2v) is 5.05. The first-order valence-electron chi connectivity index (χ1n) is 6.03. The molecule has 2 aliphatic carbocycles. The van der Waals surface area contributed by atoms with E-state index in [0.717, 1.165) is 17.9 Å². The first-order valence-corrected chi connectivity index (χ1v) is 6.03. The van der Waals surface area contributed by atoms with Gasteiger partial charge in [-0.15, -0.1) is 0 Å². The zero-order valence-electron chi connectivity index (χ0n) is 8.92. The van der Waals surface area contributed by atoms with Crippen LogP contribution in [0.25, 0.3) is 0 Å². The van der Waals surface area contributed by atoms with Crippen molar-refractivity contribution >= 4 is 0 Å². The Bertz CT molecular complexity index is 300. The Balaban J connectivity index is 1.93. The monoisotopic (exact) mass is 189 g/mol. The lowest BCUT2D eigenvalue weighted by atomic mass is 9.76. The van der Waals surface area contributed by atoms with Gasteiger partial charge in [0, 0.05) is 17.7 Å². The Morgan fingerprint density at radius 1 is 1.29 bits per heavy atom. The average molecular weight is 189 g/mol. The second kappa shape index (κ2) is 3.15. The van der Waals surface area contributed by atoms with Crippen molar-refractivity contribution in [2.24, 2.45) is 11.8 Å². The Hall–Kier alpha value is -0.720. The van der Waals surface area contributed by atoms with E-state index in [4.69, 9.17) is 0 Å². The maximum atomic E-state index is 3.72. The highest BCUT2D eigenvalue weighted by molar-refractivity contribution is 5.37. The summed E-state index contributed by atoms with van der Waals surface area (Å²) in [5.41, 5.74) is 3.22. The molecule has 1 nitrogen and oxygen atoms in total. The van der Waals surface area contributed by atoms with Crippen molar-refractivity contribution in [1.29, 1.82) is 0 Å². The highest BCUT2D eigenvalue weighted by Crippen LogP contribution is 2.42. The van der Waals surface area contributed by atoms with E-state index in [1.54, 1.807) is 5.57 Å². The van der Waals surface area contributed by atoms with Crippen LogP contribution in [0.2, 0.25) is 0 Å². The largest absolute Gasteiger partial charge is 0.382 e. The van der Waals surface area contributed by atoms with E-state index in [-0.39, 0.29) is 0 Å². The molecule has 3 atom stereocenters. The van der Waals surface area contributed by atoms with Crippen LogP contribution in [0.4, 0.5) is 0 Å². The van der Waals surface area contributed by atoms with E-state index in [1.807, 2.05) is 0 Å². The average Bonchev–Trinajstić information content (AvgIpc) is 2.57. The number of rotatable bonds is 0. The number of hydrogen-bond acceptors (Lipinski definition) is 1. The minimum atomic E-state index is 0.777.